The second-order valence-corrected chi connectivity index (χ2v) is 8.14. The van der Waals surface area contributed by atoms with Crippen molar-refractivity contribution in [2.75, 3.05) is 6.79 Å². The van der Waals surface area contributed by atoms with E-state index in [4.69, 9.17) is 9.47 Å². The fourth-order valence-electron chi connectivity index (χ4n) is 4.34. The van der Waals surface area contributed by atoms with Gasteiger partial charge in [-0.15, -0.1) is 5.10 Å². The van der Waals surface area contributed by atoms with Crippen LogP contribution in [0.5, 0.6) is 11.5 Å². The minimum atomic E-state index is -0.0891. The first-order valence-corrected chi connectivity index (χ1v) is 10.9. The number of hydrogen-bond donors (Lipinski definition) is 0. The summed E-state index contributed by atoms with van der Waals surface area (Å²) in [6, 6.07) is 15.8. The van der Waals surface area contributed by atoms with E-state index in [0.717, 1.165) is 48.3 Å². The van der Waals surface area contributed by atoms with Gasteiger partial charge in [-0.3, -0.25) is 4.79 Å². The number of hydrogen-bond acceptors (Lipinski definition) is 6. The maximum absolute atomic E-state index is 14.0. The normalized spacial score (nSPS) is 15.8. The Kier molecular flexibility index (Phi) is 5.58. The fraction of sp³-hybridized carbons (Fsp3) is 0.333. The lowest BCUT2D eigenvalue weighted by Crippen LogP contribution is -2.40. The molecule has 1 aliphatic carbocycles. The fourth-order valence-corrected chi connectivity index (χ4v) is 4.34. The highest BCUT2D eigenvalue weighted by atomic mass is 16.7. The van der Waals surface area contributed by atoms with E-state index in [0.29, 0.717) is 18.1 Å². The third kappa shape index (κ3) is 4.08. The number of rotatable bonds is 6. The summed E-state index contributed by atoms with van der Waals surface area (Å²) >= 11 is 0. The summed E-state index contributed by atoms with van der Waals surface area (Å²) in [6.07, 6.45) is 6.08. The van der Waals surface area contributed by atoms with E-state index < -0.39 is 0 Å². The Balaban J connectivity index is 1.52. The lowest BCUT2D eigenvalue weighted by atomic mass is 10.1. The monoisotopic (exact) mass is 431 g/mol. The summed E-state index contributed by atoms with van der Waals surface area (Å²) in [6.45, 7) is 2.50. The van der Waals surface area contributed by atoms with E-state index >= 15 is 0 Å². The Hall–Kier alpha value is -3.68. The molecule has 1 amide bonds. The van der Waals surface area contributed by atoms with Crippen LogP contribution in [0.3, 0.4) is 0 Å². The SMILES string of the molecule is Cc1nnnn1/C(=C\c1ccccc1)C(=O)N(Cc1ccc2c(c1)OCO2)C1CCCC1. The van der Waals surface area contributed by atoms with Gasteiger partial charge in [-0.1, -0.05) is 49.2 Å². The Bertz CT molecular complexity index is 1140. The largest absolute Gasteiger partial charge is 0.454 e. The molecule has 0 radical (unpaired) electrons. The van der Waals surface area contributed by atoms with Gasteiger partial charge in [0.05, 0.1) is 0 Å². The van der Waals surface area contributed by atoms with Gasteiger partial charge in [-0.25, -0.2) is 0 Å². The molecule has 5 rings (SSSR count). The molecule has 1 saturated carbocycles. The molecule has 1 fully saturated rings. The molecule has 2 heterocycles. The van der Waals surface area contributed by atoms with Gasteiger partial charge >= 0.3 is 0 Å². The minimum absolute atomic E-state index is 0.0891. The summed E-state index contributed by atoms with van der Waals surface area (Å²) in [4.78, 5) is 16.0. The van der Waals surface area contributed by atoms with Crippen LogP contribution in [0.25, 0.3) is 11.8 Å². The lowest BCUT2D eigenvalue weighted by molar-refractivity contribution is -0.128. The molecule has 0 spiro atoms. The van der Waals surface area contributed by atoms with Crippen molar-refractivity contribution >= 4 is 17.7 Å². The zero-order valence-electron chi connectivity index (χ0n) is 18.0. The van der Waals surface area contributed by atoms with Crippen molar-refractivity contribution in [3.8, 4) is 11.5 Å². The number of aromatic nitrogens is 4. The number of carbonyl (C=O) groups excluding carboxylic acids is 1. The first kappa shape index (κ1) is 20.2. The molecule has 164 valence electrons. The molecule has 3 aromatic rings. The van der Waals surface area contributed by atoms with Crippen molar-refractivity contribution in [2.24, 2.45) is 0 Å². The molecule has 0 atom stereocenters. The van der Waals surface area contributed by atoms with Crippen molar-refractivity contribution in [3.63, 3.8) is 0 Å². The van der Waals surface area contributed by atoms with Crippen molar-refractivity contribution in [2.45, 2.75) is 45.2 Å². The number of ether oxygens (including phenoxy) is 2. The molecule has 1 aromatic heterocycles. The average molecular weight is 431 g/mol. The van der Waals surface area contributed by atoms with Gasteiger partial charge in [-0.2, -0.15) is 4.68 Å². The van der Waals surface area contributed by atoms with Crippen molar-refractivity contribution < 1.29 is 14.3 Å². The molecule has 32 heavy (non-hydrogen) atoms. The van der Waals surface area contributed by atoms with Crippen LogP contribution in [0.15, 0.2) is 48.5 Å². The number of aryl methyl sites for hydroxylation is 1. The highest BCUT2D eigenvalue weighted by molar-refractivity contribution is 6.18. The molecule has 0 bridgehead atoms. The topological polar surface area (TPSA) is 82.4 Å². The molecule has 1 aliphatic heterocycles. The number of benzene rings is 2. The van der Waals surface area contributed by atoms with Gasteiger partial charge in [0.2, 0.25) is 6.79 Å². The van der Waals surface area contributed by atoms with Gasteiger partial charge < -0.3 is 14.4 Å². The zero-order valence-corrected chi connectivity index (χ0v) is 18.0. The van der Waals surface area contributed by atoms with Crippen LogP contribution >= 0.6 is 0 Å². The van der Waals surface area contributed by atoms with E-state index in [2.05, 4.69) is 15.5 Å². The van der Waals surface area contributed by atoms with Crippen LogP contribution in [-0.4, -0.2) is 43.8 Å². The highest BCUT2D eigenvalue weighted by Crippen LogP contribution is 2.34. The van der Waals surface area contributed by atoms with Crippen LogP contribution in [-0.2, 0) is 11.3 Å². The third-order valence-corrected chi connectivity index (χ3v) is 5.99. The van der Waals surface area contributed by atoms with E-state index in [1.165, 1.54) is 4.68 Å². The molecular formula is C24H25N5O3. The second kappa shape index (κ2) is 8.82. The highest BCUT2D eigenvalue weighted by Gasteiger charge is 2.31. The summed E-state index contributed by atoms with van der Waals surface area (Å²) in [7, 11) is 0. The summed E-state index contributed by atoms with van der Waals surface area (Å²) in [5.41, 5.74) is 2.36. The Morgan fingerprint density at radius 3 is 2.66 bits per heavy atom. The Labute approximate surface area is 186 Å². The molecule has 0 saturated heterocycles. The first-order chi connectivity index (χ1) is 15.7. The summed E-state index contributed by atoms with van der Waals surface area (Å²) in [5, 5.41) is 11.9. The van der Waals surface area contributed by atoms with Gasteiger partial charge in [0.1, 0.15) is 5.70 Å². The minimum Gasteiger partial charge on any atom is -0.454 e. The number of fused-ring (bicyclic) bond motifs is 1. The predicted molar refractivity (Wildman–Crippen MR) is 119 cm³/mol. The van der Waals surface area contributed by atoms with Gasteiger partial charge in [0, 0.05) is 12.6 Å². The predicted octanol–water partition coefficient (Wildman–Crippen LogP) is 3.68. The van der Waals surface area contributed by atoms with Gasteiger partial charge in [0.25, 0.3) is 5.91 Å². The number of nitrogens with zero attached hydrogens (tertiary/aromatic N) is 5. The van der Waals surface area contributed by atoms with Gasteiger partial charge in [-0.05, 0) is 59.5 Å². The van der Waals surface area contributed by atoms with E-state index in [1.807, 2.05) is 59.5 Å². The second-order valence-electron chi connectivity index (χ2n) is 8.14. The number of amides is 1. The third-order valence-electron chi connectivity index (χ3n) is 5.99. The summed E-state index contributed by atoms with van der Waals surface area (Å²) < 4.78 is 12.5. The molecule has 0 unspecified atom stereocenters. The molecule has 8 heteroatoms. The molecule has 0 N–H and O–H groups in total. The van der Waals surface area contributed by atoms with Crippen LogP contribution < -0.4 is 9.47 Å². The van der Waals surface area contributed by atoms with Crippen LogP contribution in [0, 0.1) is 6.92 Å². The molecular weight excluding hydrogens is 406 g/mol. The smallest absolute Gasteiger partial charge is 0.273 e. The standard InChI is InChI=1S/C24H25N5O3/c1-17-25-26-27-29(17)21(13-18-7-3-2-4-8-18)24(30)28(20-9-5-6-10-20)15-19-11-12-22-23(14-19)32-16-31-22/h2-4,7-8,11-14,20H,5-6,9-10,15-16H2,1H3/b21-13-. The van der Waals surface area contributed by atoms with E-state index in [1.54, 1.807) is 6.92 Å². The first-order valence-electron chi connectivity index (χ1n) is 10.9. The summed E-state index contributed by atoms with van der Waals surface area (Å²) in [5.74, 6) is 1.93. The quantitative estimate of drug-likeness (QED) is 0.554. The molecule has 2 aliphatic rings. The number of carbonyl (C=O) groups is 1. The van der Waals surface area contributed by atoms with E-state index in [-0.39, 0.29) is 18.7 Å². The lowest BCUT2D eigenvalue weighted by Gasteiger charge is -2.30. The number of tetrazole rings is 1. The molecule has 2 aromatic carbocycles. The maximum atomic E-state index is 14.0. The van der Waals surface area contributed by atoms with Gasteiger partial charge in [0.15, 0.2) is 17.3 Å². The maximum Gasteiger partial charge on any atom is 0.273 e. The Morgan fingerprint density at radius 2 is 1.91 bits per heavy atom. The van der Waals surface area contributed by atoms with Crippen LogP contribution in [0.4, 0.5) is 0 Å². The van der Waals surface area contributed by atoms with Crippen molar-refractivity contribution in [1.29, 1.82) is 0 Å². The van der Waals surface area contributed by atoms with Crippen LogP contribution in [0.1, 0.15) is 42.6 Å². The average Bonchev–Trinajstić information content (AvgIpc) is 3.58. The van der Waals surface area contributed by atoms with E-state index in [9.17, 15) is 4.79 Å². The Morgan fingerprint density at radius 1 is 1.12 bits per heavy atom. The van der Waals surface area contributed by atoms with Crippen molar-refractivity contribution in [3.05, 3.63) is 65.5 Å². The van der Waals surface area contributed by atoms with Crippen LogP contribution in [0.2, 0.25) is 0 Å². The molecule has 8 nitrogen and oxygen atoms in total. The zero-order chi connectivity index (χ0) is 21.9. The van der Waals surface area contributed by atoms with Crippen molar-refractivity contribution in [1.82, 2.24) is 25.1 Å².